The predicted octanol–water partition coefficient (Wildman–Crippen LogP) is 8.17. The van der Waals surface area contributed by atoms with Crippen LogP contribution >= 0.6 is 0 Å². The van der Waals surface area contributed by atoms with E-state index in [-0.39, 0.29) is 5.97 Å². The molecule has 27 heavy (non-hydrogen) atoms. The number of allylic oxidation sites excluding steroid dienone is 2. The summed E-state index contributed by atoms with van der Waals surface area (Å²) in [5.41, 5.74) is 0. The highest BCUT2D eigenvalue weighted by atomic mass is 16.5. The van der Waals surface area contributed by atoms with Gasteiger partial charge in [0, 0.05) is 6.08 Å². The first kappa shape index (κ1) is 26.0. The Morgan fingerprint density at radius 3 is 2.00 bits per heavy atom. The lowest BCUT2D eigenvalue weighted by Gasteiger charge is -2.15. The third-order valence-corrected chi connectivity index (χ3v) is 5.25. The summed E-state index contributed by atoms with van der Waals surface area (Å²) in [6.45, 7) is 8.47. The number of unbranched alkanes of at least 4 members (excludes halogenated alkanes) is 9. The number of hydrogen-bond acceptors (Lipinski definition) is 2. The van der Waals surface area contributed by atoms with Gasteiger partial charge < -0.3 is 4.74 Å². The Hall–Kier alpha value is -1.05. The molecule has 0 fully saturated rings. The lowest BCUT2D eigenvalue weighted by Crippen LogP contribution is -2.01. The molecule has 0 aromatic rings. The molecule has 2 nitrogen and oxygen atoms in total. The van der Waals surface area contributed by atoms with Crippen molar-refractivity contribution in [1.82, 2.24) is 0 Å². The van der Waals surface area contributed by atoms with Gasteiger partial charge >= 0.3 is 5.97 Å². The molecule has 0 aromatic heterocycles. The van der Waals surface area contributed by atoms with Gasteiger partial charge in [-0.1, -0.05) is 110 Å². The van der Waals surface area contributed by atoms with Crippen LogP contribution in [0.5, 0.6) is 0 Å². The van der Waals surface area contributed by atoms with Crippen LogP contribution in [0.2, 0.25) is 0 Å². The molecule has 1 unspecified atom stereocenters. The molecule has 1 atom stereocenters. The fourth-order valence-electron chi connectivity index (χ4n) is 3.65. The summed E-state index contributed by atoms with van der Waals surface area (Å²) in [6.07, 6.45) is 27.0. The quantitative estimate of drug-likeness (QED) is 0.0924. The molecule has 0 radical (unpaired) electrons. The molecule has 0 spiro atoms. The number of ether oxygens (including phenoxy) is 1. The molecule has 0 saturated heterocycles. The smallest absolute Gasteiger partial charge is 0.330 e. The van der Waals surface area contributed by atoms with Gasteiger partial charge in [-0.25, -0.2) is 4.79 Å². The van der Waals surface area contributed by atoms with Gasteiger partial charge in [-0.05, 0) is 31.6 Å². The first-order valence-electron chi connectivity index (χ1n) is 11.7. The number of carbonyl (C=O) groups excluding carboxylic acids is 1. The van der Waals surface area contributed by atoms with Crippen molar-refractivity contribution < 1.29 is 9.53 Å². The van der Waals surface area contributed by atoms with Crippen molar-refractivity contribution in [3.8, 4) is 0 Å². The van der Waals surface area contributed by atoms with E-state index in [9.17, 15) is 4.79 Å². The minimum atomic E-state index is -0.301. The highest BCUT2D eigenvalue weighted by Gasteiger charge is 2.07. The van der Waals surface area contributed by atoms with Crippen molar-refractivity contribution in [3.63, 3.8) is 0 Å². The van der Waals surface area contributed by atoms with Crippen LogP contribution in [-0.2, 0) is 9.53 Å². The molecular formula is C25H46O2. The summed E-state index contributed by atoms with van der Waals surface area (Å²) < 4.78 is 4.99. The van der Waals surface area contributed by atoms with Crippen molar-refractivity contribution >= 4 is 5.97 Å². The van der Waals surface area contributed by atoms with E-state index in [1.807, 2.05) is 0 Å². The zero-order chi connectivity index (χ0) is 20.0. The Kier molecular flexibility index (Phi) is 20.4. The molecule has 158 valence electrons. The number of esters is 1. The van der Waals surface area contributed by atoms with Gasteiger partial charge in [-0.2, -0.15) is 0 Å². The second kappa shape index (κ2) is 21.3. The molecule has 0 saturated carbocycles. The Morgan fingerprint density at radius 1 is 0.815 bits per heavy atom. The van der Waals surface area contributed by atoms with Crippen LogP contribution in [0, 0.1) is 5.92 Å². The fourth-order valence-corrected chi connectivity index (χ4v) is 3.65. The minimum Gasteiger partial charge on any atom is -0.463 e. The summed E-state index contributed by atoms with van der Waals surface area (Å²) in [6, 6.07) is 0. The monoisotopic (exact) mass is 378 g/mol. The predicted molar refractivity (Wildman–Crippen MR) is 119 cm³/mol. The SMILES string of the molecule is C=CC(=O)OCCCCCCCCCCC(CCC)CCCCC=CCC. The lowest BCUT2D eigenvalue weighted by molar-refractivity contribution is -0.137. The van der Waals surface area contributed by atoms with Gasteiger partial charge in [-0.15, -0.1) is 0 Å². The van der Waals surface area contributed by atoms with E-state index in [2.05, 4.69) is 32.6 Å². The molecule has 0 amide bonds. The Balaban J connectivity index is 3.46. The Bertz CT molecular complexity index is 359. The highest BCUT2D eigenvalue weighted by molar-refractivity contribution is 5.81. The second-order valence-electron chi connectivity index (χ2n) is 7.81. The summed E-state index contributed by atoms with van der Waals surface area (Å²) in [5.74, 6) is 0.660. The molecule has 0 N–H and O–H groups in total. The van der Waals surface area contributed by atoms with E-state index in [0.717, 1.165) is 18.8 Å². The maximum absolute atomic E-state index is 10.9. The first-order chi connectivity index (χ1) is 13.2. The molecule has 0 aromatic carbocycles. The second-order valence-corrected chi connectivity index (χ2v) is 7.81. The van der Waals surface area contributed by atoms with E-state index in [1.54, 1.807) is 0 Å². The Morgan fingerprint density at radius 2 is 1.41 bits per heavy atom. The maximum Gasteiger partial charge on any atom is 0.330 e. The summed E-state index contributed by atoms with van der Waals surface area (Å²) in [7, 11) is 0. The van der Waals surface area contributed by atoms with Gasteiger partial charge in [0.15, 0.2) is 0 Å². The molecule has 0 aliphatic rings. The van der Waals surface area contributed by atoms with E-state index < -0.39 is 0 Å². The van der Waals surface area contributed by atoms with Crippen LogP contribution in [0.25, 0.3) is 0 Å². The van der Waals surface area contributed by atoms with E-state index in [1.165, 1.54) is 96.0 Å². The Labute approximate surface area is 169 Å². The van der Waals surface area contributed by atoms with E-state index in [4.69, 9.17) is 4.74 Å². The topological polar surface area (TPSA) is 26.3 Å². The zero-order valence-corrected chi connectivity index (χ0v) is 18.4. The van der Waals surface area contributed by atoms with Crippen LogP contribution in [0.1, 0.15) is 117 Å². The minimum absolute atomic E-state index is 0.301. The van der Waals surface area contributed by atoms with Gasteiger partial charge in [0.2, 0.25) is 0 Å². The van der Waals surface area contributed by atoms with Crippen molar-refractivity contribution in [2.24, 2.45) is 5.92 Å². The third-order valence-electron chi connectivity index (χ3n) is 5.25. The first-order valence-corrected chi connectivity index (χ1v) is 11.7. The average Bonchev–Trinajstić information content (AvgIpc) is 2.68. The van der Waals surface area contributed by atoms with E-state index >= 15 is 0 Å². The number of hydrogen-bond donors (Lipinski definition) is 0. The van der Waals surface area contributed by atoms with Crippen molar-refractivity contribution in [2.75, 3.05) is 6.61 Å². The standard InChI is InChI=1S/C25H46O2/c1-4-7-8-9-14-17-21-24(20-5-2)22-18-15-12-10-11-13-16-19-23-27-25(26)6-3/h6-8,24H,3-5,9-23H2,1-2H3. The highest BCUT2D eigenvalue weighted by Crippen LogP contribution is 2.22. The van der Waals surface area contributed by atoms with Crippen molar-refractivity contribution in [1.29, 1.82) is 0 Å². The fraction of sp³-hybridized carbons (Fsp3) is 0.800. The van der Waals surface area contributed by atoms with E-state index in [0.29, 0.717) is 6.61 Å². The molecule has 0 rings (SSSR count). The summed E-state index contributed by atoms with van der Waals surface area (Å²) in [4.78, 5) is 10.9. The zero-order valence-electron chi connectivity index (χ0n) is 18.4. The average molecular weight is 379 g/mol. The lowest BCUT2D eigenvalue weighted by atomic mass is 9.91. The molecule has 0 heterocycles. The van der Waals surface area contributed by atoms with Crippen LogP contribution in [0.4, 0.5) is 0 Å². The van der Waals surface area contributed by atoms with Crippen molar-refractivity contribution in [2.45, 2.75) is 117 Å². The van der Waals surface area contributed by atoms with Gasteiger partial charge in [0.05, 0.1) is 6.61 Å². The summed E-state index contributed by atoms with van der Waals surface area (Å²) >= 11 is 0. The summed E-state index contributed by atoms with van der Waals surface area (Å²) in [5, 5.41) is 0. The van der Waals surface area contributed by atoms with Crippen LogP contribution < -0.4 is 0 Å². The molecule has 0 bridgehead atoms. The molecular weight excluding hydrogens is 332 g/mol. The van der Waals surface area contributed by atoms with Crippen LogP contribution in [0.3, 0.4) is 0 Å². The van der Waals surface area contributed by atoms with Gasteiger partial charge in [-0.3, -0.25) is 0 Å². The van der Waals surface area contributed by atoms with Gasteiger partial charge in [0.1, 0.15) is 0 Å². The number of carbonyl (C=O) groups is 1. The van der Waals surface area contributed by atoms with Crippen LogP contribution in [0.15, 0.2) is 24.8 Å². The van der Waals surface area contributed by atoms with Crippen LogP contribution in [-0.4, -0.2) is 12.6 Å². The molecule has 0 aliphatic carbocycles. The largest absolute Gasteiger partial charge is 0.463 e. The normalized spacial score (nSPS) is 12.4. The third kappa shape index (κ3) is 19.5. The maximum atomic E-state index is 10.9. The molecule has 2 heteroatoms. The number of rotatable bonds is 20. The van der Waals surface area contributed by atoms with Gasteiger partial charge in [0.25, 0.3) is 0 Å². The van der Waals surface area contributed by atoms with Crippen molar-refractivity contribution in [3.05, 3.63) is 24.8 Å². The molecule has 0 aliphatic heterocycles.